The number of nitrogens with two attached hydrogens (primary N) is 1. The fourth-order valence-corrected chi connectivity index (χ4v) is 7.29. The lowest BCUT2D eigenvalue weighted by Gasteiger charge is -2.40. The van der Waals surface area contributed by atoms with E-state index in [9.17, 15) is 51.0 Å². The third-order valence-corrected chi connectivity index (χ3v) is 10.3. The zero-order valence-electron chi connectivity index (χ0n) is 34.3. The van der Waals surface area contributed by atoms with Gasteiger partial charge in [-0.15, -0.1) is 0 Å². The van der Waals surface area contributed by atoms with E-state index in [1.165, 1.54) is 22.0 Å². The molecule has 0 unspecified atom stereocenters. The molecule has 1 fully saturated rings. The minimum Gasteiger partial charge on any atom is -0.475 e. The average molecular weight is 876 g/mol. The molecule has 6 N–H and O–H groups in total. The van der Waals surface area contributed by atoms with Crippen LogP contribution >= 0.6 is 0 Å². The van der Waals surface area contributed by atoms with Crippen LogP contribution in [0.15, 0.2) is 66.9 Å². The summed E-state index contributed by atoms with van der Waals surface area (Å²) in [4.78, 5) is 79.6. The number of nitrogens with zero attached hydrogens (tertiary/aromatic N) is 4. The van der Waals surface area contributed by atoms with Gasteiger partial charge in [-0.2, -0.15) is 13.2 Å². The first kappa shape index (κ1) is 48.6. The van der Waals surface area contributed by atoms with E-state index in [0.717, 1.165) is 23.8 Å². The number of aliphatic carboxylic acids is 1. The van der Waals surface area contributed by atoms with E-state index in [4.69, 9.17) is 20.6 Å². The lowest BCUT2D eigenvalue weighted by molar-refractivity contribution is -0.192. The number of halogens is 5. The van der Waals surface area contributed by atoms with Gasteiger partial charge >= 0.3 is 12.1 Å². The third-order valence-electron chi connectivity index (χ3n) is 10.3. The van der Waals surface area contributed by atoms with Crippen molar-refractivity contribution in [3.63, 3.8) is 0 Å². The Balaban J connectivity index is 0.00000111. The van der Waals surface area contributed by atoms with Gasteiger partial charge in [0.1, 0.15) is 24.1 Å². The number of aliphatic hydroxyl groups is 1. The number of benzene rings is 2. The quantitative estimate of drug-likeness (QED) is 0.0845. The van der Waals surface area contributed by atoms with Gasteiger partial charge in [-0.25, -0.2) is 18.6 Å². The molecule has 2 aromatic carbocycles. The number of amides is 5. The summed E-state index contributed by atoms with van der Waals surface area (Å²) in [5.74, 6) is -5.91. The van der Waals surface area contributed by atoms with Crippen LogP contribution in [0, 0.1) is 23.0 Å². The van der Waals surface area contributed by atoms with Crippen LogP contribution in [0.25, 0.3) is 11.3 Å². The number of hydrogen-bond donors (Lipinski definition) is 5. The van der Waals surface area contributed by atoms with Crippen molar-refractivity contribution in [1.82, 2.24) is 30.0 Å². The molecule has 20 heteroatoms. The first-order valence-electron chi connectivity index (χ1n) is 19.7. The number of carbonyl (C=O) groups is 6. The Labute approximate surface area is 354 Å². The molecule has 5 rings (SSSR count). The zero-order chi connectivity index (χ0) is 45.9. The molecule has 2 heterocycles. The molecule has 0 bridgehead atoms. The van der Waals surface area contributed by atoms with Crippen molar-refractivity contribution < 1.29 is 60.9 Å². The maximum absolute atomic E-state index is 15.0. The number of hydrogen-bond acceptors (Lipinski definition) is 9. The molecule has 3 aromatic rings. The first-order valence-corrected chi connectivity index (χ1v) is 19.7. The van der Waals surface area contributed by atoms with Crippen molar-refractivity contribution in [2.75, 3.05) is 26.2 Å². The van der Waals surface area contributed by atoms with E-state index in [0.29, 0.717) is 38.1 Å². The van der Waals surface area contributed by atoms with E-state index >= 15 is 0 Å². The Kier molecular flexibility index (Phi) is 16.6. The number of nitrogens with one attached hydrogen (secondary N) is 2. The smallest absolute Gasteiger partial charge is 0.475 e. The van der Waals surface area contributed by atoms with E-state index in [-0.39, 0.29) is 67.0 Å². The Hall–Kier alpha value is -6.02. The second kappa shape index (κ2) is 21.2. The second-order valence-electron chi connectivity index (χ2n) is 15.9. The molecule has 62 heavy (non-hydrogen) atoms. The molecule has 0 radical (unpaired) electrons. The SMILES string of the molecule is CC(C)(C)[C@H](c1nc(-c2cc(F)ccc2F)cn1Cc1ccccc1)N(CC[C@H](N)C(=O)NCCNC(=O)C1CCC(N2C(=O)C=CC2=O)CC1)C(=O)CO.O=C(O)C(F)(F)F. The Morgan fingerprint density at radius 2 is 1.53 bits per heavy atom. The van der Waals surface area contributed by atoms with E-state index in [1.807, 2.05) is 51.1 Å². The number of imidazole rings is 1. The molecule has 5 amide bonds. The maximum atomic E-state index is 15.0. The van der Waals surface area contributed by atoms with Gasteiger partial charge in [0.2, 0.25) is 17.7 Å². The number of aromatic nitrogens is 2. The standard InChI is InChI=1S/C40H49F2N7O6.C2HF3O2/c1-40(2,3)36(37-46-32(29-21-27(41)11-14-30(29)42)23-47(37)22-25-7-5-4-6-8-25)48(35(53)24-50)20-17-31(43)39(55)45-19-18-44-38(54)26-9-12-28(13-10-26)49-33(51)15-16-34(49)52;3-2(4,5)1(6)7/h4-8,11,14-16,21,23,26,28,31,36,50H,9-10,12-13,17-20,22,24,43H2,1-3H3,(H,44,54)(H,45,55);(H,6,7)/t26?,28?,31-,36-;/m0./s1. The largest absolute Gasteiger partial charge is 0.490 e. The van der Waals surface area contributed by atoms with Crippen molar-refractivity contribution in [1.29, 1.82) is 0 Å². The molecule has 336 valence electrons. The molecule has 1 aliphatic carbocycles. The molecule has 1 aliphatic heterocycles. The van der Waals surface area contributed by atoms with Crippen LogP contribution in [0.2, 0.25) is 0 Å². The molecule has 1 saturated carbocycles. The van der Waals surface area contributed by atoms with Gasteiger partial charge in [-0.1, -0.05) is 51.1 Å². The average Bonchev–Trinajstić information content (AvgIpc) is 3.78. The molecular formula is C42H50F5N7O8. The normalized spacial score (nSPS) is 17.5. The highest BCUT2D eigenvalue weighted by Crippen LogP contribution is 2.40. The Morgan fingerprint density at radius 3 is 2.10 bits per heavy atom. The minimum atomic E-state index is -5.08. The van der Waals surface area contributed by atoms with Crippen LogP contribution in [0.1, 0.15) is 70.3 Å². The Bertz CT molecular complexity index is 2100. The zero-order valence-corrected chi connectivity index (χ0v) is 34.3. The van der Waals surface area contributed by atoms with Crippen molar-refractivity contribution in [3.8, 4) is 11.3 Å². The number of carbonyl (C=O) groups excluding carboxylic acids is 5. The monoisotopic (exact) mass is 875 g/mol. The molecule has 0 saturated heterocycles. The summed E-state index contributed by atoms with van der Waals surface area (Å²) >= 11 is 0. The van der Waals surface area contributed by atoms with Gasteiger partial charge in [-0.05, 0) is 61.3 Å². The highest BCUT2D eigenvalue weighted by Gasteiger charge is 2.40. The lowest BCUT2D eigenvalue weighted by atomic mass is 9.84. The van der Waals surface area contributed by atoms with E-state index in [2.05, 4.69) is 10.6 Å². The van der Waals surface area contributed by atoms with Crippen LogP contribution in [-0.4, -0.2) is 110 Å². The summed E-state index contributed by atoms with van der Waals surface area (Å²) in [7, 11) is 0. The van der Waals surface area contributed by atoms with E-state index < -0.39 is 59.7 Å². The number of carboxylic acids is 1. The number of carboxylic acid groups (broad SMARTS) is 1. The van der Waals surface area contributed by atoms with Crippen molar-refractivity contribution in [2.45, 2.75) is 83.7 Å². The summed E-state index contributed by atoms with van der Waals surface area (Å²) in [5.41, 5.74) is 6.60. The number of aliphatic hydroxyl groups excluding tert-OH is 1. The maximum Gasteiger partial charge on any atom is 0.490 e. The predicted molar refractivity (Wildman–Crippen MR) is 213 cm³/mol. The second-order valence-corrected chi connectivity index (χ2v) is 15.9. The summed E-state index contributed by atoms with van der Waals surface area (Å²) in [6.07, 6.45) is 1.19. The molecular weight excluding hydrogens is 825 g/mol. The predicted octanol–water partition coefficient (Wildman–Crippen LogP) is 3.85. The van der Waals surface area contributed by atoms with Gasteiger partial charge < -0.3 is 36.0 Å². The van der Waals surface area contributed by atoms with Gasteiger partial charge in [0.25, 0.3) is 11.8 Å². The molecule has 2 aliphatic rings. The topological polar surface area (TPSA) is 217 Å². The number of imide groups is 1. The van der Waals surface area contributed by atoms with Crippen molar-refractivity contribution in [3.05, 3.63) is 89.9 Å². The van der Waals surface area contributed by atoms with Crippen LogP contribution in [0.3, 0.4) is 0 Å². The van der Waals surface area contributed by atoms with Gasteiger partial charge in [0, 0.05) is 62.1 Å². The van der Waals surface area contributed by atoms with Gasteiger partial charge in [0.15, 0.2) is 0 Å². The fraction of sp³-hybridized carbons (Fsp3) is 0.452. The molecule has 1 aromatic heterocycles. The van der Waals surface area contributed by atoms with Crippen LogP contribution in [0.4, 0.5) is 22.0 Å². The fourth-order valence-electron chi connectivity index (χ4n) is 7.29. The molecule has 0 spiro atoms. The summed E-state index contributed by atoms with van der Waals surface area (Å²) in [6, 6.07) is 10.5. The number of alkyl halides is 3. The van der Waals surface area contributed by atoms with E-state index in [1.54, 1.807) is 10.8 Å². The number of rotatable bonds is 15. The summed E-state index contributed by atoms with van der Waals surface area (Å²) in [5, 5.41) is 22.7. The van der Waals surface area contributed by atoms with Gasteiger partial charge in [-0.3, -0.25) is 28.9 Å². The van der Waals surface area contributed by atoms with Gasteiger partial charge in [0.05, 0.1) is 17.8 Å². The lowest BCUT2D eigenvalue weighted by Crippen LogP contribution is -2.48. The highest BCUT2D eigenvalue weighted by atomic mass is 19.4. The molecule has 15 nitrogen and oxygen atoms in total. The minimum absolute atomic E-state index is 0.0159. The van der Waals surface area contributed by atoms with Crippen molar-refractivity contribution in [2.24, 2.45) is 17.1 Å². The third kappa shape index (κ3) is 13.0. The van der Waals surface area contributed by atoms with Crippen LogP contribution in [0.5, 0.6) is 0 Å². The summed E-state index contributed by atoms with van der Waals surface area (Å²) in [6.45, 7) is 5.36. The van der Waals surface area contributed by atoms with Crippen LogP contribution in [-0.2, 0) is 35.3 Å². The Morgan fingerprint density at radius 1 is 0.935 bits per heavy atom. The first-order chi connectivity index (χ1) is 29.1. The van der Waals surface area contributed by atoms with Crippen LogP contribution < -0.4 is 16.4 Å². The highest BCUT2D eigenvalue weighted by molar-refractivity contribution is 6.13. The van der Waals surface area contributed by atoms with Crippen molar-refractivity contribution >= 4 is 35.5 Å². The molecule has 2 atom stereocenters. The summed E-state index contributed by atoms with van der Waals surface area (Å²) < 4.78 is 62.8.